The van der Waals surface area contributed by atoms with E-state index in [9.17, 15) is 13.2 Å². The van der Waals surface area contributed by atoms with Gasteiger partial charge in [-0.3, -0.25) is 4.79 Å². The Bertz CT molecular complexity index is 795. The van der Waals surface area contributed by atoms with Crippen LogP contribution < -0.4 is 10.0 Å². The predicted molar refractivity (Wildman–Crippen MR) is 86.7 cm³/mol. The van der Waals surface area contributed by atoms with Gasteiger partial charge in [0.2, 0.25) is 0 Å². The lowest BCUT2D eigenvalue weighted by Crippen LogP contribution is -2.30. The van der Waals surface area contributed by atoms with Gasteiger partial charge in [-0.25, -0.2) is 13.1 Å². The van der Waals surface area contributed by atoms with E-state index in [4.69, 9.17) is 4.52 Å². The van der Waals surface area contributed by atoms with Crippen LogP contribution in [0.25, 0.3) is 0 Å². The molecule has 7 nitrogen and oxygen atoms in total. The fraction of sp³-hybridized carbons (Fsp3) is 0.333. The number of rotatable bonds is 5. The van der Waals surface area contributed by atoms with Gasteiger partial charge in [0.15, 0.2) is 0 Å². The topological polar surface area (TPSA) is 101 Å². The van der Waals surface area contributed by atoms with E-state index in [1.165, 1.54) is 6.07 Å². The Morgan fingerprint density at radius 2 is 2.14 bits per heavy atom. The van der Waals surface area contributed by atoms with Crippen molar-refractivity contribution in [2.75, 3.05) is 4.72 Å². The molecule has 2 heterocycles. The number of aryl methyl sites for hydroxylation is 1. The van der Waals surface area contributed by atoms with Crippen molar-refractivity contribution >= 4 is 49.1 Å². The van der Waals surface area contributed by atoms with Crippen molar-refractivity contribution in [2.45, 2.75) is 31.7 Å². The van der Waals surface area contributed by atoms with E-state index in [1.807, 2.05) is 0 Å². The fourth-order valence-corrected chi connectivity index (χ4v) is 4.30. The zero-order valence-corrected chi connectivity index (χ0v) is 15.2. The van der Waals surface area contributed by atoms with Crippen molar-refractivity contribution in [3.8, 4) is 0 Å². The van der Waals surface area contributed by atoms with Crippen molar-refractivity contribution in [3.05, 3.63) is 26.5 Å². The number of hydrogen-bond donors (Lipinski definition) is 2. The standard InChI is InChI=1S/C12H14BrN3O4S2/c1-6(2)14-11(17)10-8(4-5-21-10)22(18,19)16-12-9(13)7(3)15-20-12/h4-6,16H,1-3H3,(H,14,17). The quantitative estimate of drug-likeness (QED) is 0.792. The number of nitrogens with zero attached hydrogens (tertiary/aromatic N) is 1. The number of amides is 1. The molecule has 2 N–H and O–H groups in total. The van der Waals surface area contributed by atoms with E-state index in [1.54, 1.807) is 26.2 Å². The van der Waals surface area contributed by atoms with Crippen LogP contribution in [0, 0.1) is 6.92 Å². The van der Waals surface area contributed by atoms with Crippen LogP contribution >= 0.6 is 27.3 Å². The van der Waals surface area contributed by atoms with Crippen molar-refractivity contribution < 1.29 is 17.7 Å². The third-order valence-corrected chi connectivity index (χ3v) is 5.91. The highest BCUT2D eigenvalue weighted by Gasteiger charge is 2.26. The Balaban J connectivity index is 2.33. The van der Waals surface area contributed by atoms with Crippen molar-refractivity contribution in [1.29, 1.82) is 0 Å². The first-order valence-corrected chi connectivity index (χ1v) is 9.41. The Labute approximate surface area is 140 Å². The molecule has 2 aromatic heterocycles. The number of sulfonamides is 1. The maximum absolute atomic E-state index is 12.4. The summed E-state index contributed by atoms with van der Waals surface area (Å²) in [5.41, 5.74) is 0.515. The molecule has 0 fully saturated rings. The molecular formula is C12H14BrN3O4S2. The smallest absolute Gasteiger partial charge is 0.265 e. The Hall–Kier alpha value is -1.39. The number of carbonyl (C=O) groups excluding carboxylic acids is 1. The molecule has 22 heavy (non-hydrogen) atoms. The van der Waals surface area contributed by atoms with Gasteiger partial charge >= 0.3 is 0 Å². The van der Waals surface area contributed by atoms with Crippen LogP contribution in [0.15, 0.2) is 25.3 Å². The average Bonchev–Trinajstić information content (AvgIpc) is 3.01. The normalized spacial score (nSPS) is 11.7. The molecule has 0 aliphatic heterocycles. The van der Waals surface area contributed by atoms with E-state index in [2.05, 4.69) is 31.1 Å². The lowest BCUT2D eigenvalue weighted by molar-refractivity contribution is 0.0944. The minimum Gasteiger partial charge on any atom is -0.349 e. The van der Waals surface area contributed by atoms with Gasteiger partial charge in [0.05, 0.1) is 5.69 Å². The molecule has 2 rings (SSSR count). The number of aromatic nitrogens is 1. The van der Waals surface area contributed by atoms with Crippen LogP contribution in [0.2, 0.25) is 0 Å². The van der Waals surface area contributed by atoms with E-state index in [0.29, 0.717) is 10.2 Å². The summed E-state index contributed by atoms with van der Waals surface area (Å²) in [6, 6.07) is 1.28. The highest BCUT2D eigenvalue weighted by molar-refractivity contribution is 9.10. The number of hydrogen-bond acceptors (Lipinski definition) is 6. The SMILES string of the molecule is Cc1noc(NS(=O)(=O)c2ccsc2C(=O)NC(C)C)c1Br. The first-order valence-electron chi connectivity index (χ1n) is 6.25. The third kappa shape index (κ3) is 3.50. The fourth-order valence-electron chi connectivity index (χ4n) is 1.60. The van der Waals surface area contributed by atoms with Gasteiger partial charge < -0.3 is 9.84 Å². The molecule has 1 amide bonds. The Kier molecular flexibility index (Phi) is 4.93. The van der Waals surface area contributed by atoms with Gasteiger partial charge in [0, 0.05) is 6.04 Å². The van der Waals surface area contributed by atoms with Crippen LogP contribution in [-0.2, 0) is 10.0 Å². The van der Waals surface area contributed by atoms with Crippen molar-refractivity contribution in [2.24, 2.45) is 0 Å². The van der Waals surface area contributed by atoms with Crippen LogP contribution in [0.5, 0.6) is 0 Å². The van der Waals surface area contributed by atoms with Crippen LogP contribution in [0.3, 0.4) is 0 Å². The lowest BCUT2D eigenvalue weighted by atomic mass is 10.3. The van der Waals surface area contributed by atoms with Gasteiger partial charge in [0.25, 0.3) is 21.8 Å². The molecule has 2 aromatic rings. The van der Waals surface area contributed by atoms with Crippen molar-refractivity contribution in [1.82, 2.24) is 10.5 Å². The molecular weight excluding hydrogens is 394 g/mol. The van der Waals surface area contributed by atoms with Crippen molar-refractivity contribution in [3.63, 3.8) is 0 Å². The maximum Gasteiger partial charge on any atom is 0.265 e. The monoisotopic (exact) mass is 407 g/mol. The molecule has 0 bridgehead atoms. The summed E-state index contributed by atoms with van der Waals surface area (Å²) >= 11 is 4.24. The van der Waals surface area contributed by atoms with Crippen LogP contribution in [-0.4, -0.2) is 25.5 Å². The van der Waals surface area contributed by atoms with Gasteiger partial charge in [-0.2, -0.15) is 0 Å². The predicted octanol–water partition coefficient (Wildman–Crippen LogP) is 2.75. The summed E-state index contributed by atoms with van der Waals surface area (Å²) in [7, 11) is -3.95. The van der Waals surface area contributed by atoms with Gasteiger partial charge in [0.1, 0.15) is 14.2 Å². The van der Waals surface area contributed by atoms with E-state index < -0.39 is 15.9 Å². The molecule has 0 aromatic carbocycles. The highest BCUT2D eigenvalue weighted by Crippen LogP contribution is 2.30. The molecule has 0 aliphatic rings. The molecule has 0 unspecified atom stereocenters. The lowest BCUT2D eigenvalue weighted by Gasteiger charge is -2.09. The minimum atomic E-state index is -3.95. The van der Waals surface area contributed by atoms with Crippen LogP contribution in [0.1, 0.15) is 29.2 Å². The number of thiophene rings is 1. The molecule has 0 saturated carbocycles. The van der Waals surface area contributed by atoms with Crippen LogP contribution in [0.4, 0.5) is 5.88 Å². The molecule has 0 spiro atoms. The average molecular weight is 408 g/mol. The first kappa shape index (κ1) is 17.0. The summed E-state index contributed by atoms with van der Waals surface area (Å²) in [5, 5.41) is 7.87. The molecule has 0 radical (unpaired) electrons. The second kappa shape index (κ2) is 6.39. The van der Waals surface area contributed by atoms with E-state index in [-0.39, 0.29) is 21.7 Å². The van der Waals surface area contributed by atoms with Gasteiger partial charge in [-0.05, 0) is 48.1 Å². The minimum absolute atomic E-state index is 0.0288. The summed E-state index contributed by atoms with van der Waals surface area (Å²) in [6.07, 6.45) is 0. The van der Waals surface area contributed by atoms with E-state index in [0.717, 1.165) is 11.3 Å². The van der Waals surface area contributed by atoms with Gasteiger partial charge in [-0.1, -0.05) is 5.16 Å². The molecule has 0 atom stereocenters. The highest BCUT2D eigenvalue weighted by atomic mass is 79.9. The number of halogens is 1. The number of anilines is 1. The second-order valence-corrected chi connectivity index (χ2v) is 8.12. The first-order chi connectivity index (χ1) is 10.2. The zero-order chi connectivity index (χ0) is 16.5. The summed E-state index contributed by atoms with van der Waals surface area (Å²) in [5.74, 6) is -0.461. The molecule has 10 heteroatoms. The Morgan fingerprint density at radius 1 is 1.45 bits per heavy atom. The van der Waals surface area contributed by atoms with Gasteiger partial charge in [-0.15, -0.1) is 11.3 Å². The molecule has 120 valence electrons. The number of nitrogens with one attached hydrogen (secondary N) is 2. The summed E-state index contributed by atoms with van der Waals surface area (Å²) in [4.78, 5) is 12.1. The maximum atomic E-state index is 12.4. The Morgan fingerprint density at radius 3 is 2.68 bits per heavy atom. The second-order valence-electron chi connectivity index (χ2n) is 4.76. The third-order valence-electron chi connectivity index (χ3n) is 2.56. The zero-order valence-electron chi connectivity index (χ0n) is 12.0. The van der Waals surface area contributed by atoms with E-state index >= 15 is 0 Å². The number of carbonyl (C=O) groups is 1. The summed E-state index contributed by atoms with van der Waals surface area (Å²) in [6.45, 7) is 5.26. The molecule has 0 saturated heterocycles. The summed E-state index contributed by atoms with van der Waals surface area (Å²) < 4.78 is 32.5. The molecule has 0 aliphatic carbocycles. The largest absolute Gasteiger partial charge is 0.349 e.